The summed E-state index contributed by atoms with van der Waals surface area (Å²) in [5, 5.41) is 3.77. The summed E-state index contributed by atoms with van der Waals surface area (Å²) in [6, 6.07) is 14.6. The molecule has 1 fully saturated rings. The summed E-state index contributed by atoms with van der Waals surface area (Å²) in [6.07, 6.45) is 5.62. The van der Waals surface area contributed by atoms with Gasteiger partial charge in [-0.15, -0.1) is 0 Å². The molecule has 2 aromatic heterocycles. The minimum atomic E-state index is 0.0581. The Balaban J connectivity index is 1.39. The lowest BCUT2D eigenvalue weighted by molar-refractivity contribution is -0.132. The molecule has 1 amide bonds. The highest BCUT2D eigenvalue weighted by atomic mass is 16.5. The number of likely N-dealkylation sites (tertiary alicyclic amines) is 1. The lowest BCUT2D eigenvalue weighted by Crippen LogP contribution is -2.31. The van der Waals surface area contributed by atoms with Crippen molar-refractivity contribution >= 4 is 5.91 Å². The van der Waals surface area contributed by atoms with Gasteiger partial charge in [-0.1, -0.05) is 41.6 Å². The zero-order valence-electron chi connectivity index (χ0n) is 16.0. The number of carbonyl (C=O) groups excluding carboxylic acids is 1. The van der Waals surface area contributed by atoms with Crippen molar-refractivity contribution in [2.24, 2.45) is 0 Å². The fraction of sp³-hybridized carbons (Fsp3) is 0.364. The lowest BCUT2D eigenvalue weighted by atomic mass is 10.0. The monoisotopic (exact) mass is 376 g/mol. The molecule has 1 aliphatic rings. The van der Waals surface area contributed by atoms with Gasteiger partial charge >= 0.3 is 0 Å². The van der Waals surface area contributed by atoms with E-state index in [1.165, 1.54) is 11.1 Å². The van der Waals surface area contributed by atoms with Crippen LogP contribution in [0.15, 0.2) is 53.2 Å². The Hall–Kier alpha value is -3.02. The van der Waals surface area contributed by atoms with Crippen molar-refractivity contribution in [3.8, 4) is 0 Å². The topological polar surface area (TPSA) is 72.1 Å². The maximum Gasteiger partial charge on any atom is 0.227 e. The molecular formula is C22H24N4O2. The van der Waals surface area contributed by atoms with Crippen LogP contribution >= 0.6 is 0 Å². The number of hydrogen-bond acceptors (Lipinski definition) is 5. The summed E-state index contributed by atoms with van der Waals surface area (Å²) in [7, 11) is 0. The number of aromatic nitrogens is 3. The van der Waals surface area contributed by atoms with Crippen molar-refractivity contribution in [3.05, 3.63) is 77.2 Å². The molecule has 0 bridgehead atoms. The van der Waals surface area contributed by atoms with E-state index in [9.17, 15) is 4.79 Å². The van der Waals surface area contributed by atoms with Crippen molar-refractivity contribution in [3.63, 3.8) is 0 Å². The van der Waals surface area contributed by atoms with E-state index in [1.807, 2.05) is 17.2 Å². The Morgan fingerprint density at radius 1 is 1.18 bits per heavy atom. The first kappa shape index (κ1) is 18.3. The van der Waals surface area contributed by atoms with Crippen LogP contribution in [0.1, 0.15) is 53.8 Å². The van der Waals surface area contributed by atoms with E-state index in [0.29, 0.717) is 24.6 Å². The summed E-state index contributed by atoms with van der Waals surface area (Å²) in [6.45, 7) is 2.55. The second-order valence-corrected chi connectivity index (χ2v) is 7.23. The molecule has 6 heteroatoms. The molecule has 3 aromatic rings. The first-order valence-electron chi connectivity index (χ1n) is 9.76. The number of hydrogen-bond donors (Lipinski definition) is 0. The quantitative estimate of drug-likeness (QED) is 0.656. The van der Waals surface area contributed by atoms with E-state index in [-0.39, 0.29) is 11.9 Å². The molecule has 0 radical (unpaired) electrons. The summed E-state index contributed by atoms with van der Waals surface area (Å²) >= 11 is 0. The van der Waals surface area contributed by atoms with Gasteiger partial charge in [0.1, 0.15) is 0 Å². The molecule has 28 heavy (non-hydrogen) atoms. The molecule has 144 valence electrons. The van der Waals surface area contributed by atoms with Crippen LogP contribution in [0.3, 0.4) is 0 Å². The van der Waals surface area contributed by atoms with E-state index in [1.54, 1.807) is 6.92 Å². The Morgan fingerprint density at radius 2 is 2.04 bits per heavy atom. The van der Waals surface area contributed by atoms with Gasteiger partial charge in [-0.2, -0.15) is 4.98 Å². The Labute approximate surface area is 164 Å². The number of nitrogens with zero attached hydrogens (tertiary/aromatic N) is 4. The number of carbonyl (C=O) groups is 1. The summed E-state index contributed by atoms with van der Waals surface area (Å²) in [5.74, 6) is 1.24. The summed E-state index contributed by atoms with van der Waals surface area (Å²) in [5.41, 5.74) is 3.42. The zero-order chi connectivity index (χ0) is 19.3. The molecule has 0 N–H and O–H groups in total. The predicted octanol–water partition coefficient (Wildman–Crippen LogP) is 3.66. The number of amides is 1. The third-order valence-electron chi connectivity index (χ3n) is 5.14. The highest BCUT2D eigenvalue weighted by Crippen LogP contribution is 2.31. The smallest absolute Gasteiger partial charge is 0.227 e. The van der Waals surface area contributed by atoms with Gasteiger partial charge in [-0.25, -0.2) is 0 Å². The average Bonchev–Trinajstić information content (AvgIpc) is 3.37. The molecule has 6 nitrogen and oxygen atoms in total. The molecule has 4 rings (SSSR count). The first-order chi connectivity index (χ1) is 13.7. The van der Waals surface area contributed by atoms with Crippen LogP contribution in [0.5, 0.6) is 0 Å². The minimum Gasteiger partial charge on any atom is -0.339 e. The van der Waals surface area contributed by atoms with Crippen molar-refractivity contribution < 1.29 is 9.32 Å². The summed E-state index contributed by atoms with van der Waals surface area (Å²) in [4.78, 5) is 23.5. The van der Waals surface area contributed by atoms with E-state index >= 15 is 0 Å². The van der Waals surface area contributed by atoms with Crippen molar-refractivity contribution in [2.45, 2.75) is 45.1 Å². The predicted molar refractivity (Wildman–Crippen MR) is 105 cm³/mol. The first-order valence-corrected chi connectivity index (χ1v) is 9.76. The third kappa shape index (κ3) is 4.27. The van der Waals surface area contributed by atoms with Gasteiger partial charge in [0.15, 0.2) is 5.82 Å². The molecule has 0 aliphatic carbocycles. The van der Waals surface area contributed by atoms with E-state index in [2.05, 4.69) is 51.5 Å². The van der Waals surface area contributed by atoms with Crippen molar-refractivity contribution in [1.29, 1.82) is 0 Å². The molecule has 0 spiro atoms. The molecule has 1 aromatic carbocycles. The Kier molecular flexibility index (Phi) is 5.46. The van der Waals surface area contributed by atoms with E-state index in [4.69, 9.17) is 4.52 Å². The maximum atomic E-state index is 12.7. The molecule has 3 heterocycles. The van der Waals surface area contributed by atoms with Crippen LogP contribution in [0.2, 0.25) is 0 Å². The van der Waals surface area contributed by atoms with Gasteiger partial charge in [0, 0.05) is 25.6 Å². The van der Waals surface area contributed by atoms with Crippen molar-refractivity contribution in [2.75, 3.05) is 6.54 Å². The fourth-order valence-corrected chi connectivity index (χ4v) is 3.74. The van der Waals surface area contributed by atoms with Crippen LogP contribution in [0, 0.1) is 6.92 Å². The molecule has 1 atom stereocenters. The molecule has 1 saturated heterocycles. The highest BCUT2D eigenvalue weighted by molar-refractivity contribution is 5.77. The molecule has 1 unspecified atom stereocenters. The number of rotatable bonds is 6. The van der Waals surface area contributed by atoms with Gasteiger partial charge < -0.3 is 9.42 Å². The van der Waals surface area contributed by atoms with Crippen LogP contribution in [-0.2, 0) is 17.6 Å². The van der Waals surface area contributed by atoms with Gasteiger partial charge in [-0.05, 0) is 43.4 Å². The number of pyridine rings is 1. The molecular weight excluding hydrogens is 352 g/mol. The fourth-order valence-electron chi connectivity index (χ4n) is 3.74. The highest BCUT2D eigenvalue weighted by Gasteiger charge is 2.30. The van der Waals surface area contributed by atoms with Gasteiger partial charge in [0.05, 0.1) is 11.7 Å². The third-order valence-corrected chi connectivity index (χ3v) is 5.14. The van der Waals surface area contributed by atoms with Crippen LogP contribution < -0.4 is 0 Å². The standard InChI is InChI=1S/C22H24N4O2/c1-16-24-21(28-25-16)11-12-22(27)26-13-5-8-20(26)19-10-9-18(15-23-19)14-17-6-3-2-4-7-17/h2-4,6-7,9-10,15,20H,5,8,11-14H2,1H3. The molecule has 0 saturated carbocycles. The SMILES string of the molecule is Cc1noc(CCC(=O)N2CCCC2c2ccc(Cc3ccccc3)cn2)n1. The van der Waals surface area contributed by atoms with Gasteiger partial charge in [0.2, 0.25) is 11.8 Å². The largest absolute Gasteiger partial charge is 0.339 e. The van der Waals surface area contributed by atoms with Crippen molar-refractivity contribution in [1.82, 2.24) is 20.0 Å². The number of aryl methyl sites for hydroxylation is 2. The normalized spacial score (nSPS) is 16.5. The van der Waals surface area contributed by atoms with Crippen LogP contribution in [-0.4, -0.2) is 32.5 Å². The summed E-state index contributed by atoms with van der Waals surface area (Å²) < 4.78 is 5.11. The van der Waals surface area contributed by atoms with Gasteiger partial charge in [-0.3, -0.25) is 9.78 Å². The average molecular weight is 376 g/mol. The van der Waals surface area contributed by atoms with Crippen LogP contribution in [0.25, 0.3) is 0 Å². The van der Waals surface area contributed by atoms with E-state index in [0.717, 1.165) is 31.5 Å². The zero-order valence-corrected chi connectivity index (χ0v) is 16.0. The van der Waals surface area contributed by atoms with Gasteiger partial charge in [0.25, 0.3) is 0 Å². The Morgan fingerprint density at radius 3 is 2.75 bits per heavy atom. The Bertz CT molecular complexity index is 921. The molecule has 1 aliphatic heterocycles. The maximum absolute atomic E-state index is 12.7. The minimum absolute atomic E-state index is 0.0581. The second-order valence-electron chi connectivity index (χ2n) is 7.23. The number of benzene rings is 1. The lowest BCUT2D eigenvalue weighted by Gasteiger charge is -2.24. The van der Waals surface area contributed by atoms with Crippen LogP contribution in [0.4, 0.5) is 0 Å². The second kappa shape index (κ2) is 8.33. The van der Waals surface area contributed by atoms with E-state index < -0.39 is 0 Å².